The van der Waals surface area contributed by atoms with Crippen LogP contribution in [-0.4, -0.2) is 18.0 Å². The zero-order chi connectivity index (χ0) is 15.2. The van der Waals surface area contributed by atoms with E-state index in [1.54, 1.807) is 0 Å². The van der Waals surface area contributed by atoms with Gasteiger partial charge in [-0.2, -0.15) is 0 Å². The number of hydrogen-bond donors (Lipinski definition) is 0. The zero-order valence-electron chi connectivity index (χ0n) is 11.5. The van der Waals surface area contributed by atoms with E-state index in [2.05, 4.69) is 0 Å². The highest BCUT2D eigenvalue weighted by Crippen LogP contribution is 2.48. The van der Waals surface area contributed by atoms with E-state index in [0.29, 0.717) is 25.9 Å². The summed E-state index contributed by atoms with van der Waals surface area (Å²) >= 11 is 0. The van der Waals surface area contributed by atoms with E-state index in [4.69, 9.17) is 0 Å². The summed E-state index contributed by atoms with van der Waals surface area (Å²) in [5.74, 6) is -9.09. The maximum absolute atomic E-state index is 14.2. The van der Waals surface area contributed by atoms with Gasteiger partial charge < -0.3 is 0 Å². The maximum Gasteiger partial charge on any atom is 0.200 e. The summed E-state index contributed by atoms with van der Waals surface area (Å²) in [5.41, 5.74) is -1.67. The molecule has 1 aliphatic carbocycles. The Labute approximate surface area is 119 Å². The molecular weight excluding hydrogens is 289 g/mol. The van der Waals surface area contributed by atoms with Crippen LogP contribution in [0.1, 0.15) is 44.1 Å². The first-order valence-corrected chi connectivity index (χ1v) is 7.26. The first-order chi connectivity index (χ1) is 9.99. The van der Waals surface area contributed by atoms with E-state index in [9.17, 15) is 22.0 Å². The Balaban J connectivity index is 2.21. The van der Waals surface area contributed by atoms with Crippen LogP contribution in [0, 0.1) is 29.1 Å². The molecule has 1 aromatic carbocycles. The van der Waals surface area contributed by atoms with Crippen LogP contribution in [0.2, 0.25) is 0 Å². The van der Waals surface area contributed by atoms with E-state index in [1.807, 2.05) is 4.90 Å². The van der Waals surface area contributed by atoms with Crippen molar-refractivity contribution in [2.75, 3.05) is 13.1 Å². The molecule has 6 heteroatoms. The molecule has 0 amide bonds. The van der Waals surface area contributed by atoms with Crippen molar-refractivity contribution in [1.82, 2.24) is 4.90 Å². The Morgan fingerprint density at radius 1 is 0.619 bits per heavy atom. The summed E-state index contributed by atoms with van der Waals surface area (Å²) in [4.78, 5) is 1.90. The second-order valence-electron chi connectivity index (χ2n) is 5.88. The maximum atomic E-state index is 14.2. The van der Waals surface area contributed by atoms with Crippen LogP contribution in [0.25, 0.3) is 0 Å². The van der Waals surface area contributed by atoms with Gasteiger partial charge in [-0.15, -0.1) is 0 Å². The van der Waals surface area contributed by atoms with Gasteiger partial charge in [0.15, 0.2) is 23.3 Å². The third-order valence-electron chi connectivity index (χ3n) is 4.82. The minimum atomic E-state index is -2.08. The molecule has 1 aliphatic heterocycles. The summed E-state index contributed by atoms with van der Waals surface area (Å²) < 4.78 is 68.7. The van der Waals surface area contributed by atoms with Crippen molar-refractivity contribution >= 4 is 0 Å². The topological polar surface area (TPSA) is 3.24 Å². The van der Waals surface area contributed by atoms with Gasteiger partial charge in [-0.25, -0.2) is 22.0 Å². The standard InChI is InChI=1S/C15H16F5N/c16-10-9(11(17)13(19)14(20)12(10)18)15(5-1-2-6-15)21-7-3-4-8-21/h1-8H2. The van der Waals surface area contributed by atoms with Gasteiger partial charge in [-0.1, -0.05) is 12.8 Å². The molecule has 21 heavy (non-hydrogen) atoms. The lowest BCUT2D eigenvalue weighted by atomic mass is 9.85. The number of likely N-dealkylation sites (tertiary alicyclic amines) is 1. The third kappa shape index (κ3) is 2.06. The molecule has 0 radical (unpaired) electrons. The molecule has 0 bridgehead atoms. The predicted octanol–water partition coefficient (Wildman–Crippen LogP) is 4.25. The van der Waals surface area contributed by atoms with Crippen LogP contribution >= 0.6 is 0 Å². The van der Waals surface area contributed by atoms with E-state index < -0.39 is 40.2 Å². The first-order valence-electron chi connectivity index (χ1n) is 7.26. The summed E-state index contributed by atoms with van der Waals surface area (Å²) in [6, 6.07) is 0. The number of rotatable bonds is 2. The number of halogens is 5. The smallest absolute Gasteiger partial charge is 0.200 e. The van der Waals surface area contributed by atoms with Crippen LogP contribution in [0.15, 0.2) is 0 Å². The third-order valence-corrected chi connectivity index (χ3v) is 4.82. The summed E-state index contributed by atoms with van der Waals surface area (Å²) in [6.07, 6.45) is 4.11. The lowest BCUT2D eigenvalue weighted by Crippen LogP contribution is -2.44. The molecule has 1 nitrogen and oxygen atoms in total. The molecule has 3 rings (SSSR count). The first kappa shape index (κ1) is 14.8. The van der Waals surface area contributed by atoms with E-state index in [-0.39, 0.29) is 0 Å². The van der Waals surface area contributed by atoms with Gasteiger partial charge in [0.2, 0.25) is 5.82 Å². The molecule has 0 aromatic heterocycles. The fourth-order valence-corrected chi connectivity index (χ4v) is 3.84. The number of benzene rings is 1. The van der Waals surface area contributed by atoms with Gasteiger partial charge in [0.1, 0.15) is 0 Å². The molecule has 1 heterocycles. The summed E-state index contributed by atoms with van der Waals surface area (Å²) in [5, 5.41) is 0. The molecule has 2 aliphatic rings. The predicted molar refractivity (Wildman–Crippen MR) is 67.2 cm³/mol. The van der Waals surface area contributed by atoms with Crippen LogP contribution in [0.5, 0.6) is 0 Å². The van der Waals surface area contributed by atoms with Gasteiger partial charge in [0, 0.05) is 0 Å². The second-order valence-corrected chi connectivity index (χ2v) is 5.88. The van der Waals surface area contributed by atoms with Crippen molar-refractivity contribution in [3.63, 3.8) is 0 Å². The zero-order valence-corrected chi connectivity index (χ0v) is 11.5. The molecule has 0 atom stereocenters. The highest BCUT2D eigenvalue weighted by atomic mass is 19.2. The van der Waals surface area contributed by atoms with Crippen LogP contribution in [-0.2, 0) is 5.54 Å². The molecule has 0 spiro atoms. The SMILES string of the molecule is Fc1c(F)c(F)c(C2(N3CCCC3)CCCC2)c(F)c1F. The minimum Gasteiger partial charge on any atom is -0.293 e. The fourth-order valence-electron chi connectivity index (χ4n) is 3.84. The van der Waals surface area contributed by atoms with E-state index >= 15 is 0 Å². The van der Waals surface area contributed by atoms with Crippen molar-refractivity contribution in [2.24, 2.45) is 0 Å². The van der Waals surface area contributed by atoms with E-state index in [0.717, 1.165) is 25.7 Å². The normalized spacial score (nSPS) is 22.1. The minimum absolute atomic E-state index is 0.436. The molecule has 2 fully saturated rings. The lowest BCUT2D eigenvalue weighted by Gasteiger charge is -2.39. The van der Waals surface area contributed by atoms with Gasteiger partial charge >= 0.3 is 0 Å². The molecule has 0 unspecified atom stereocenters. The fraction of sp³-hybridized carbons (Fsp3) is 0.600. The number of nitrogens with zero attached hydrogens (tertiary/aromatic N) is 1. The van der Waals surface area contributed by atoms with Crippen LogP contribution < -0.4 is 0 Å². The molecule has 1 saturated heterocycles. The summed E-state index contributed by atoms with van der Waals surface area (Å²) in [6.45, 7) is 1.28. The van der Waals surface area contributed by atoms with Crippen LogP contribution in [0.3, 0.4) is 0 Å². The Hall–Kier alpha value is -1.17. The highest BCUT2D eigenvalue weighted by molar-refractivity contribution is 5.32. The molecule has 1 aromatic rings. The monoisotopic (exact) mass is 305 g/mol. The Morgan fingerprint density at radius 2 is 1.05 bits per heavy atom. The number of hydrogen-bond acceptors (Lipinski definition) is 1. The van der Waals surface area contributed by atoms with Gasteiger partial charge in [0.05, 0.1) is 11.1 Å². The van der Waals surface area contributed by atoms with Crippen LogP contribution in [0.4, 0.5) is 22.0 Å². The molecule has 1 saturated carbocycles. The average molecular weight is 305 g/mol. The lowest BCUT2D eigenvalue weighted by molar-refractivity contribution is 0.109. The van der Waals surface area contributed by atoms with Gasteiger partial charge in [-0.3, -0.25) is 4.90 Å². The second kappa shape index (κ2) is 5.23. The van der Waals surface area contributed by atoms with Crippen molar-refractivity contribution < 1.29 is 22.0 Å². The van der Waals surface area contributed by atoms with E-state index in [1.165, 1.54) is 0 Å². The Bertz CT molecular complexity index is 531. The molecule has 116 valence electrons. The average Bonchev–Trinajstić information content (AvgIpc) is 3.14. The van der Waals surface area contributed by atoms with Crippen molar-refractivity contribution in [3.05, 3.63) is 34.6 Å². The van der Waals surface area contributed by atoms with Crippen molar-refractivity contribution in [2.45, 2.75) is 44.1 Å². The molecular formula is C15H16F5N. The molecule has 0 N–H and O–H groups in total. The largest absolute Gasteiger partial charge is 0.293 e. The van der Waals surface area contributed by atoms with Gasteiger partial charge in [-0.05, 0) is 38.8 Å². The van der Waals surface area contributed by atoms with Crippen molar-refractivity contribution in [1.29, 1.82) is 0 Å². The quantitative estimate of drug-likeness (QED) is 0.448. The Kier molecular flexibility index (Phi) is 3.67. The highest BCUT2D eigenvalue weighted by Gasteiger charge is 2.47. The Morgan fingerprint density at radius 3 is 1.52 bits per heavy atom. The van der Waals surface area contributed by atoms with Crippen molar-refractivity contribution in [3.8, 4) is 0 Å². The van der Waals surface area contributed by atoms with Gasteiger partial charge in [0.25, 0.3) is 0 Å². The summed E-state index contributed by atoms with van der Waals surface area (Å²) in [7, 11) is 0.